The maximum Gasteiger partial charge on any atom is 0.255 e. The van der Waals surface area contributed by atoms with Gasteiger partial charge in [-0.2, -0.15) is 0 Å². The Hall–Kier alpha value is -4.14. The van der Waals surface area contributed by atoms with Crippen LogP contribution in [0.3, 0.4) is 0 Å². The van der Waals surface area contributed by atoms with Crippen molar-refractivity contribution in [2.45, 2.75) is 13.5 Å². The van der Waals surface area contributed by atoms with Gasteiger partial charge in [-0.05, 0) is 67.6 Å². The van der Waals surface area contributed by atoms with Gasteiger partial charge in [0.05, 0.1) is 17.1 Å². The van der Waals surface area contributed by atoms with E-state index in [1.165, 1.54) is 5.56 Å². The second-order valence-corrected chi connectivity index (χ2v) is 9.41. The van der Waals surface area contributed by atoms with Crippen molar-refractivity contribution >= 4 is 23.2 Å². The van der Waals surface area contributed by atoms with Crippen molar-refractivity contribution in [2.24, 2.45) is 0 Å². The second kappa shape index (κ2) is 11.3. The molecule has 0 atom stereocenters. The van der Waals surface area contributed by atoms with Crippen LogP contribution in [0.2, 0.25) is 0 Å². The van der Waals surface area contributed by atoms with Gasteiger partial charge in [0, 0.05) is 62.4 Å². The fourth-order valence-corrected chi connectivity index (χ4v) is 4.31. The molecule has 4 aromatic rings. The molecule has 1 saturated heterocycles. The van der Waals surface area contributed by atoms with Gasteiger partial charge in [0.2, 0.25) is 5.95 Å². The van der Waals surface area contributed by atoms with Crippen LogP contribution in [0.15, 0.2) is 79.3 Å². The molecule has 0 aliphatic carbocycles. The number of hydrogen-bond donors (Lipinski definition) is 2. The lowest BCUT2D eigenvalue weighted by atomic mass is 10.1. The average molecular weight is 494 g/mol. The minimum atomic E-state index is -0.164. The van der Waals surface area contributed by atoms with E-state index in [1.54, 1.807) is 18.6 Å². The Morgan fingerprint density at radius 2 is 1.76 bits per heavy atom. The molecule has 8 heteroatoms. The predicted molar refractivity (Wildman–Crippen MR) is 147 cm³/mol. The highest BCUT2D eigenvalue weighted by atomic mass is 16.1. The number of likely N-dealkylation sites (N-methyl/N-ethyl adjacent to an activating group) is 1. The van der Waals surface area contributed by atoms with Gasteiger partial charge in [-0.3, -0.25) is 14.7 Å². The number of aromatic nitrogens is 3. The van der Waals surface area contributed by atoms with E-state index < -0.39 is 0 Å². The molecular weight excluding hydrogens is 462 g/mol. The fourth-order valence-electron chi connectivity index (χ4n) is 4.31. The van der Waals surface area contributed by atoms with Gasteiger partial charge in [-0.1, -0.05) is 18.2 Å². The Morgan fingerprint density at radius 1 is 0.946 bits per heavy atom. The summed E-state index contributed by atoms with van der Waals surface area (Å²) in [5.41, 5.74) is 5.93. The minimum Gasteiger partial charge on any atom is -0.322 e. The summed E-state index contributed by atoms with van der Waals surface area (Å²) >= 11 is 0. The molecule has 2 aromatic carbocycles. The molecule has 1 aliphatic heterocycles. The van der Waals surface area contributed by atoms with Crippen molar-refractivity contribution in [3.8, 4) is 11.3 Å². The lowest BCUT2D eigenvalue weighted by Crippen LogP contribution is -2.43. The fraction of sp³-hybridized carbons (Fsp3) is 0.241. The third kappa shape index (κ3) is 6.35. The van der Waals surface area contributed by atoms with E-state index in [9.17, 15) is 4.79 Å². The number of amides is 1. The van der Waals surface area contributed by atoms with Crippen LogP contribution in [-0.4, -0.2) is 63.9 Å². The first-order chi connectivity index (χ1) is 18.0. The van der Waals surface area contributed by atoms with Crippen molar-refractivity contribution in [2.75, 3.05) is 43.9 Å². The summed E-state index contributed by atoms with van der Waals surface area (Å²) in [4.78, 5) is 31.0. The molecule has 1 amide bonds. The van der Waals surface area contributed by atoms with Crippen LogP contribution >= 0.6 is 0 Å². The number of rotatable bonds is 7. The number of carbonyl (C=O) groups excluding carboxylic acids is 1. The molecule has 0 spiro atoms. The molecule has 188 valence electrons. The largest absolute Gasteiger partial charge is 0.322 e. The van der Waals surface area contributed by atoms with E-state index in [-0.39, 0.29) is 5.91 Å². The summed E-state index contributed by atoms with van der Waals surface area (Å²) in [6.07, 6.45) is 5.20. The zero-order valence-corrected chi connectivity index (χ0v) is 21.2. The Bertz CT molecular complexity index is 1350. The summed E-state index contributed by atoms with van der Waals surface area (Å²) in [6.45, 7) is 7.22. The maximum absolute atomic E-state index is 13.1. The third-order valence-corrected chi connectivity index (χ3v) is 6.50. The van der Waals surface area contributed by atoms with Gasteiger partial charge < -0.3 is 15.5 Å². The molecular formula is C29H31N7O. The van der Waals surface area contributed by atoms with Crippen LogP contribution < -0.4 is 10.6 Å². The summed E-state index contributed by atoms with van der Waals surface area (Å²) in [5.74, 6) is 0.277. The number of benzene rings is 2. The number of anilines is 3. The standard InChI is InChI=1S/C29H31N7O/c1-21-5-10-26(27(18-21)34-29-31-13-11-25(33-29)24-4-3-12-30-19-24)32-28(37)23-8-6-22(7-9-23)20-36-16-14-35(2)15-17-36/h3-13,18-19H,14-17,20H2,1-2H3,(H,32,37)(H,31,33,34). The highest BCUT2D eigenvalue weighted by Gasteiger charge is 2.15. The van der Waals surface area contributed by atoms with Crippen molar-refractivity contribution < 1.29 is 4.79 Å². The summed E-state index contributed by atoms with van der Waals surface area (Å²) in [6, 6.07) is 19.4. The summed E-state index contributed by atoms with van der Waals surface area (Å²) in [5, 5.41) is 6.32. The first kappa shape index (κ1) is 24.5. The maximum atomic E-state index is 13.1. The van der Waals surface area contributed by atoms with E-state index in [2.05, 4.69) is 42.4 Å². The molecule has 0 unspecified atom stereocenters. The number of pyridine rings is 1. The van der Waals surface area contributed by atoms with E-state index in [0.29, 0.717) is 17.2 Å². The van der Waals surface area contributed by atoms with Crippen molar-refractivity contribution in [3.63, 3.8) is 0 Å². The van der Waals surface area contributed by atoms with Crippen LogP contribution in [-0.2, 0) is 6.54 Å². The molecule has 5 rings (SSSR count). The first-order valence-electron chi connectivity index (χ1n) is 12.5. The van der Waals surface area contributed by atoms with Gasteiger partial charge >= 0.3 is 0 Å². The number of hydrogen-bond acceptors (Lipinski definition) is 7. The highest BCUT2D eigenvalue weighted by molar-refractivity contribution is 6.06. The van der Waals surface area contributed by atoms with Crippen LogP contribution in [0, 0.1) is 6.92 Å². The molecule has 0 saturated carbocycles. The van der Waals surface area contributed by atoms with E-state index >= 15 is 0 Å². The Morgan fingerprint density at radius 3 is 2.51 bits per heavy atom. The van der Waals surface area contributed by atoms with Crippen LogP contribution in [0.5, 0.6) is 0 Å². The number of nitrogens with zero attached hydrogens (tertiary/aromatic N) is 5. The molecule has 8 nitrogen and oxygen atoms in total. The SMILES string of the molecule is Cc1ccc(NC(=O)c2ccc(CN3CCN(C)CC3)cc2)c(Nc2nccc(-c3cccnc3)n2)c1. The van der Waals surface area contributed by atoms with Gasteiger partial charge in [0.15, 0.2) is 0 Å². The van der Waals surface area contributed by atoms with E-state index in [0.717, 1.165) is 55.2 Å². The smallest absolute Gasteiger partial charge is 0.255 e. The van der Waals surface area contributed by atoms with Crippen molar-refractivity contribution in [1.82, 2.24) is 24.8 Å². The Balaban J connectivity index is 1.28. The van der Waals surface area contributed by atoms with Crippen LogP contribution in [0.4, 0.5) is 17.3 Å². The zero-order chi connectivity index (χ0) is 25.6. The number of aryl methyl sites for hydroxylation is 1. The molecule has 3 heterocycles. The van der Waals surface area contributed by atoms with Gasteiger partial charge in [-0.25, -0.2) is 9.97 Å². The lowest BCUT2D eigenvalue weighted by Gasteiger charge is -2.32. The Labute approximate surface area is 217 Å². The molecule has 1 fully saturated rings. The minimum absolute atomic E-state index is 0.164. The third-order valence-electron chi connectivity index (χ3n) is 6.50. The van der Waals surface area contributed by atoms with E-state index in [1.807, 2.05) is 67.6 Å². The van der Waals surface area contributed by atoms with Crippen molar-refractivity contribution in [1.29, 1.82) is 0 Å². The van der Waals surface area contributed by atoms with E-state index in [4.69, 9.17) is 0 Å². The van der Waals surface area contributed by atoms with Crippen LogP contribution in [0.25, 0.3) is 11.3 Å². The van der Waals surface area contributed by atoms with Gasteiger partial charge in [0.25, 0.3) is 5.91 Å². The summed E-state index contributed by atoms with van der Waals surface area (Å²) in [7, 11) is 2.16. The lowest BCUT2D eigenvalue weighted by molar-refractivity contribution is 0.102. The average Bonchev–Trinajstić information content (AvgIpc) is 2.92. The molecule has 2 N–H and O–H groups in total. The zero-order valence-electron chi connectivity index (χ0n) is 21.2. The molecule has 0 radical (unpaired) electrons. The molecule has 1 aliphatic rings. The molecule has 0 bridgehead atoms. The van der Waals surface area contributed by atoms with Crippen molar-refractivity contribution in [3.05, 3.63) is 95.9 Å². The number of nitrogens with one attached hydrogen (secondary N) is 2. The second-order valence-electron chi connectivity index (χ2n) is 9.41. The highest BCUT2D eigenvalue weighted by Crippen LogP contribution is 2.27. The van der Waals surface area contributed by atoms with Gasteiger partial charge in [0.1, 0.15) is 0 Å². The van der Waals surface area contributed by atoms with Crippen LogP contribution in [0.1, 0.15) is 21.5 Å². The van der Waals surface area contributed by atoms with Gasteiger partial charge in [-0.15, -0.1) is 0 Å². The Kier molecular flexibility index (Phi) is 7.49. The number of carbonyl (C=O) groups is 1. The quantitative estimate of drug-likeness (QED) is 0.389. The monoisotopic (exact) mass is 493 g/mol. The summed E-state index contributed by atoms with van der Waals surface area (Å²) < 4.78 is 0. The topological polar surface area (TPSA) is 86.3 Å². The first-order valence-corrected chi connectivity index (χ1v) is 12.5. The number of piperazine rings is 1. The molecule has 2 aromatic heterocycles. The molecule has 37 heavy (non-hydrogen) atoms. The predicted octanol–water partition coefficient (Wildman–Crippen LogP) is 4.59. The normalized spacial score (nSPS) is 14.3.